The van der Waals surface area contributed by atoms with Crippen molar-refractivity contribution in [2.45, 2.75) is 117 Å². The average molecular weight is 784 g/mol. The lowest BCUT2D eigenvalue weighted by Gasteiger charge is -2.32. The summed E-state index contributed by atoms with van der Waals surface area (Å²) in [5, 5.41) is 8.21. The van der Waals surface area contributed by atoms with E-state index in [2.05, 4.69) is 63.5 Å². The van der Waals surface area contributed by atoms with E-state index in [4.69, 9.17) is 9.47 Å². The molecule has 0 aromatic heterocycles. The van der Waals surface area contributed by atoms with Crippen LogP contribution in [0.3, 0.4) is 0 Å². The van der Waals surface area contributed by atoms with E-state index in [1.54, 1.807) is 0 Å². The molecule has 0 saturated heterocycles. The van der Waals surface area contributed by atoms with Crippen molar-refractivity contribution in [3.63, 3.8) is 0 Å². The zero-order valence-corrected chi connectivity index (χ0v) is 37.0. The Morgan fingerprint density at radius 1 is 0.618 bits per heavy atom. The molecule has 0 aliphatic carbocycles. The molecule has 4 aromatic rings. The number of rotatable bonds is 18. The second-order valence-electron chi connectivity index (χ2n) is 15.8. The lowest BCUT2D eigenvalue weighted by molar-refractivity contribution is -0.122. The number of hydrogen-bond donors (Lipinski definition) is 2. The van der Waals surface area contributed by atoms with Crippen LogP contribution < -0.4 is 30.5 Å². The topological polar surface area (TPSA) is 76.7 Å². The lowest BCUT2D eigenvalue weighted by Crippen LogP contribution is -2.50. The first-order valence-corrected chi connectivity index (χ1v) is 23.8. The number of amides is 2. The molecular weight excluding hydrogens is 719 g/mol. The summed E-state index contributed by atoms with van der Waals surface area (Å²) in [4.78, 5) is 24.0. The molecule has 0 atom stereocenters. The molecule has 0 aliphatic heterocycles. The zero-order valence-electron chi connectivity index (χ0n) is 34.9. The minimum Gasteiger partial charge on any atom is -0.493 e. The Morgan fingerprint density at radius 3 is 1.42 bits per heavy atom. The van der Waals surface area contributed by atoms with Crippen LogP contribution >= 0.6 is 0 Å². The summed E-state index contributed by atoms with van der Waals surface area (Å²) in [6.45, 7) is 23.2. The molecular formula is C46H65FN2O4Si2. The predicted octanol–water partition coefficient (Wildman–Crippen LogP) is 9.36. The highest BCUT2D eigenvalue weighted by Gasteiger charge is 2.44. The van der Waals surface area contributed by atoms with Crippen LogP contribution in [-0.4, -0.2) is 42.2 Å². The van der Waals surface area contributed by atoms with Gasteiger partial charge >= 0.3 is 0 Å². The highest BCUT2D eigenvalue weighted by molar-refractivity contribution is 6.88. The minimum atomic E-state index is -3.06. The van der Waals surface area contributed by atoms with Crippen molar-refractivity contribution in [2.75, 3.05) is 13.2 Å². The summed E-state index contributed by atoms with van der Waals surface area (Å²) in [6.07, 6.45) is 0.649. The van der Waals surface area contributed by atoms with E-state index < -0.39 is 17.2 Å². The summed E-state index contributed by atoms with van der Waals surface area (Å²) < 4.78 is 27.3. The maximum atomic E-state index is 15.8. The minimum absolute atomic E-state index is 0.0132. The predicted molar refractivity (Wildman–Crippen MR) is 233 cm³/mol. The van der Waals surface area contributed by atoms with E-state index in [0.29, 0.717) is 38.5 Å². The van der Waals surface area contributed by atoms with Gasteiger partial charge in [-0.2, -0.15) is 0 Å². The van der Waals surface area contributed by atoms with E-state index in [1.165, 1.54) is 10.8 Å². The standard InChI is InChI=1S/C23H32FNO2Si.C23H33NO2Si/c1-17(2)28(24,18(3)4)22-12-11-21(15-19(22)5)27-14-13-23(26)25-16-20-9-7-6-8-10-20;1-17(2)27(18(3)4)22-12-11-21(15-19(22)5)26-14-13-23(25)24-16-20-9-7-6-8-10-20/h6-12,15,17-18H,13-14,16H2,1-5H3,(H,25,26);6-12,15,17-18,27H,13-14,16H2,1-5H3,(H,24,25)/i24-1;. The lowest BCUT2D eigenvalue weighted by atomic mass is 10.2. The van der Waals surface area contributed by atoms with Gasteiger partial charge in [-0.15, -0.1) is 0 Å². The molecule has 55 heavy (non-hydrogen) atoms. The number of carbonyl (C=O) groups excluding carboxylic acids is 2. The SMILES string of the molecule is Cc1cc(OCCC(=O)NCc2ccccc2)ccc1[SiH](C(C)C)C(C)C.Cc1cc(OCCC(=O)NCc2ccccc2)ccc1[Si]([18F])(C(C)C)C(C)C. The molecule has 6 nitrogen and oxygen atoms in total. The molecule has 0 unspecified atom stereocenters. The number of ether oxygens (including phenoxy) is 2. The molecule has 0 bridgehead atoms. The summed E-state index contributed by atoms with van der Waals surface area (Å²) in [7, 11) is -4.06. The van der Waals surface area contributed by atoms with Gasteiger partial charge in [-0.25, -0.2) is 0 Å². The maximum absolute atomic E-state index is 15.8. The first-order chi connectivity index (χ1) is 26.1. The fraction of sp³-hybridized carbons (Fsp3) is 0.435. The van der Waals surface area contributed by atoms with E-state index in [-0.39, 0.29) is 29.3 Å². The van der Waals surface area contributed by atoms with Crippen LogP contribution in [0.15, 0.2) is 97.1 Å². The Labute approximate surface area is 333 Å². The van der Waals surface area contributed by atoms with Crippen LogP contribution in [0.4, 0.5) is 4.11 Å². The first-order valence-electron chi connectivity index (χ1n) is 19.9. The summed E-state index contributed by atoms with van der Waals surface area (Å²) in [5.74, 6) is 1.50. The van der Waals surface area contributed by atoms with Gasteiger partial charge in [-0.3, -0.25) is 9.59 Å². The molecule has 0 heterocycles. The Morgan fingerprint density at radius 2 is 1.04 bits per heavy atom. The van der Waals surface area contributed by atoms with Gasteiger partial charge in [-0.1, -0.05) is 133 Å². The van der Waals surface area contributed by atoms with Crippen LogP contribution in [0, 0.1) is 13.8 Å². The number of benzene rings is 4. The molecule has 4 rings (SSSR count). The molecule has 9 heteroatoms. The summed E-state index contributed by atoms with van der Waals surface area (Å²) in [5.41, 5.74) is 5.94. The molecule has 0 saturated carbocycles. The number of nitrogens with one attached hydrogen (secondary N) is 2. The van der Waals surface area contributed by atoms with E-state index in [9.17, 15) is 9.59 Å². The Kier molecular flexibility index (Phi) is 18.4. The largest absolute Gasteiger partial charge is 0.493 e. The van der Waals surface area contributed by atoms with Gasteiger partial charge in [0.2, 0.25) is 11.8 Å². The highest BCUT2D eigenvalue weighted by atomic mass is 28.4. The summed E-state index contributed by atoms with van der Waals surface area (Å²) in [6, 6.07) is 31.8. The first kappa shape index (κ1) is 45.2. The van der Waals surface area contributed by atoms with Crippen LogP contribution in [0.25, 0.3) is 0 Å². The second kappa shape index (κ2) is 22.4. The number of aryl methyl sites for hydroxylation is 2. The molecule has 2 amide bonds. The van der Waals surface area contributed by atoms with E-state index >= 15 is 4.11 Å². The van der Waals surface area contributed by atoms with E-state index in [1.807, 2.05) is 113 Å². The van der Waals surface area contributed by atoms with Crippen molar-refractivity contribution in [3.8, 4) is 11.5 Å². The fourth-order valence-corrected chi connectivity index (χ4v) is 14.8. The fourth-order valence-electron chi connectivity index (χ4n) is 7.34. The molecule has 2 N–H and O–H groups in total. The third kappa shape index (κ3) is 14.1. The molecule has 0 fully saturated rings. The molecule has 0 radical (unpaired) electrons. The number of carbonyl (C=O) groups is 2. The third-order valence-corrected chi connectivity index (χ3v) is 19.2. The van der Waals surface area contributed by atoms with Gasteiger partial charge in [0.1, 0.15) is 11.5 Å². The maximum Gasteiger partial charge on any atom is 0.282 e. The third-order valence-electron chi connectivity index (χ3n) is 10.2. The van der Waals surface area contributed by atoms with Crippen molar-refractivity contribution in [1.82, 2.24) is 10.6 Å². The van der Waals surface area contributed by atoms with Crippen molar-refractivity contribution < 1.29 is 23.2 Å². The monoisotopic (exact) mass is 783 g/mol. The highest BCUT2D eigenvalue weighted by Crippen LogP contribution is 2.34. The van der Waals surface area contributed by atoms with Crippen LogP contribution in [0.2, 0.25) is 22.2 Å². The quantitative estimate of drug-likeness (QED) is 0.0780. The smallest absolute Gasteiger partial charge is 0.282 e. The van der Waals surface area contributed by atoms with Crippen molar-refractivity contribution in [1.29, 1.82) is 0 Å². The second-order valence-corrected chi connectivity index (χ2v) is 24.5. The van der Waals surface area contributed by atoms with Gasteiger partial charge in [0, 0.05) is 13.1 Å². The van der Waals surface area contributed by atoms with Gasteiger partial charge in [-0.05, 0) is 87.7 Å². The average Bonchev–Trinajstić information content (AvgIpc) is 3.14. The van der Waals surface area contributed by atoms with Gasteiger partial charge in [0.25, 0.3) is 8.41 Å². The van der Waals surface area contributed by atoms with Crippen molar-refractivity contribution in [3.05, 3.63) is 119 Å². The molecule has 0 aliphatic rings. The van der Waals surface area contributed by atoms with Crippen molar-refractivity contribution >= 4 is 39.4 Å². The van der Waals surface area contributed by atoms with Gasteiger partial charge in [0.05, 0.1) is 34.9 Å². The van der Waals surface area contributed by atoms with Crippen molar-refractivity contribution in [2.24, 2.45) is 0 Å². The van der Waals surface area contributed by atoms with Gasteiger partial charge < -0.3 is 24.2 Å². The Hall–Kier alpha value is -4.22. The van der Waals surface area contributed by atoms with E-state index in [0.717, 1.165) is 38.7 Å². The molecule has 4 aromatic carbocycles. The molecule has 298 valence electrons. The Bertz CT molecular complexity index is 1750. The van der Waals surface area contributed by atoms with Crippen LogP contribution in [0.5, 0.6) is 11.5 Å². The van der Waals surface area contributed by atoms with Crippen LogP contribution in [-0.2, 0) is 22.7 Å². The molecule has 0 spiro atoms. The normalized spacial score (nSPS) is 11.5. The number of halogens is 1. The zero-order chi connectivity index (χ0) is 40.5. The number of hydrogen-bond acceptors (Lipinski definition) is 4. The Balaban J connectivity index is 0.000000296. The van der Waals surface area contributed by atoms with Crippen LogP contribution in [0.1, 0.15) is 90.5 Å². The summed E-state index contributed by atoms with van der Waals surface area (Å²) >= 11 is 0. The van der Waals surface area contributed by atoms with Gasteiger partial charge in [0.15, 0.2) is 0 Å².